The number of quaternary nitrogens is 1. The summed E-state index contributed by atoms with van der Waals surface area (Å²) in [5.74, 6) is 0. The van der Waals surface area contributed by atoms with E-state index in [0.717, 1.165) is 36.2 Å². The lowest BCUT2D eigenvalue weighted by Crippen LogP contribution is -2.45. The number of benzene rings is 2. The van der Waals surface area contributed by atoms with Gasteiger partial charge in [-0.2, -0.15) is 4.59 Å². The molecule has 0 amide bonds. The molecule has 3 nitrogen and oxygen atoms in total. The number of nitrogens with zero attached hydrogens (tertiary/aromatic N) is 2. The number of likely N-dealkylation sites (tertiary alicyclic amines) is 1. The van der Waals surface area contributed by atoms with E-state index in [1.165, 1.54) is 0 Å². The van der Waals surface area contributed by atoms with Gasteiger partial charge in [-0.15, -0.1) is 0 Å². The largest absolute Gasteiger partial charge is 0.390 e. The molecule has 0 saturated carbocycles. The molecule has 114 valence electrons. The fourth-order valence-corrected chi connectivity index (χ4v) is 3.21. The zero-order valence-electron chi connectivity index (χ0n) is 13.0. The van der Waals surface area contributed by atoms with Crippen LogP contribution in [0.5, 0.6) is 0 Å². The molecule has 0 bridgehead atoms. The average Bonchev–Trinajstić information content (AvgIpc) is 2.95. The lowest BCUT2D eigenvalue weighted by atomic mass is 10.0. The maximum atomic E-state index is 9.67. The van der Waals surface area contributed by atoms with Gasteiger partial charge in [0, 0.05) is 24.0 Å². The molecule has 0 aromatic heterocycles. The fraction of sp³-hybridized carbons (Fsp3) is 0.316. The second-order valence-corrected chi connectivity index (χ2v) is 6.10. The van der Waals surface area contributed by atoms with Crippen LogP contribution < -0.4 is 0 Å². The van der Waals surface area contributed by atoms with E-state index in [-0.39, 0.29) is 12.6 Å². The van der Waals surface area contributed by atoms with Gasteiger partial charge in [-0.25, -0.2) is 0 Å². The van der Waals surface area contributed by atoms with E-state index in [2.05, 4.69) is 31.3 Å². The Bertz CT molecular complexity index is 597. The molecule has 1 fully saturated rings. The zero-order chi connectivity index (χ0) is 15.4. The molecule has 1 N–H and O–H groups in total. The van der Waals surface area contributed by atoms with Crippen LogP contribution in [0.15, 0.2) is 65.8 Å². The van der Waals surface area contributed by atoms with E-state index in [1.807, 2.05) is 36.4 Å². The molecular weight excluding hydrogens is 272 g/mol. The van der Waals surface area contributed by atoms with Crippen LogP contribution in [0.2, 0.25) is 0 Å². The average molecular weight is 295 g/mol. The smallest absolute Gasteiger partial charge is 0.136 e. The topological polar surface area (TPSA) is 32.6 Å². The summed E-state index contributed by atoms with van der Waals surface area (Å²) in [6.45, 7) is 1.17. The van der Waals surface area contributed by atoms with Crippen molar-refractivity contribution in [3.05, 3.63) is 71.8 Å². The summed E-state index contributed by atoms with van der Waals surface area (Å²) >= 11 is 0. The minimum absolute atomic E-state index is 0.191. The summed E-state index contributed by atoms with van der Waals surface area (Å²) < 4.78 is 0.565. The van der Waals surface area contributed by atoms with Crippen molar-refractivity contribution in [2.75, 3.05) is 20.2 Å². The molecule has 0 radical (unpaired) electrons. The van der Waals surface area contributed by atoms with Crippen molar-refractivity contribution in [3.8, 4) is 0 Å². The van der Waals surface area contributed by atoms with Crippen molar-refractivity contribution in [1.82, 2.24) is 0 Å². The van der Waals surface area contributed by atoms with Crippen LogP contribution in [0.3, 0.4) is 0 Å². The van der Waals surface area contributed by atoms with Crippen LogP contribution in [-0.2, 0) is 0 Å². The number of likely N-dealkylation sites (N-methyl/N-ethyl adjacent to an activating group) is 1. The van der Waals surface area contributed by atoms with E-state index in [0.29, 0.717) is 4.59 Å². The Kier molecular flexibility index (Phi) is 4.36. The van der Waals surface area contributed by atoms with E-state index < -0.39 is 0 Å². The minimum atomic E-state index is 0.191. The van der Waals surface area contributed by atoms with Crippen LogP contribution >= 0.6 is 0 Å². The van der Waals surface area contributed by atoms with Crippen molar-refractivity contribution in [3.63, 3.8) is 0 Å². The Balaban J connectivity index is 2.08. The predicted octanol–water partition coefficient (Wildman–Crippen LogP) is 3.04. The van der Waals surface area contributed by atoms with Gasteiger partial charge in [-0.3, -0.25) is 0 Å². The van der Waals surface area contributed by atoms with Gasteiger partial charge >= 0.3 is 0 Å². The quantitative estimate of drug-likeness (QED) is 0.682. The normalized spacial score (nSPS) is 24.2. The second-order valence-electron chi connectivity index (χ2n) is 6.10. The molecule has 2 aromatic rings. The van der Waals surface area contributed by atoms with Gasteiger partial charge in [0.1, 0.15) is 18.3 Å². The number of rotatable bonds is 4. The Hall–Kier alpha value is -1.97. The Morgan fingerprint density at radius 1 is 1.05 bits per heavy atom. The third kappa shape index (κ3) is 2.96. The van der Waals surface area contributed by atoms with Gasteiger partial charge in [0.25, 0.3) is 0 Å². The standard InChI is InChI=1S/C19H23N2O/c1-21(14-8-13-18(21)15-22)20-19(16-9-4-2-5-10-16)17-11-6-3-7-12-17/h2-7,9-12,18,22H,8,13-15H2,1H3/q+1/t18-,21?/m0/s1. The molecule has 2 aromatic carbocycles. The Labute approximate surface area is 132 Å². The number of hydrogen-bond donors (Lipinski definition) is 1. The Morgan fingerprint density at radius 3 is 2.09 bits per heavy atom. The monoisotopic (exact) mass is 295 g/mol. The van der Waals surface area contributed by atoms with Gasteiger partial charge < -0.3 is 5.11 Å². The van der Waals surface area contributed by atoms with Gasteiger partial charge in [0.05, 0.1) is 13.7 Å². The lowest BCUT2D eigenvalue weighted by molar-refractivity contribution is -0.927. The molecule has 3 heteroatoms. The van der Waals surface area contributed by atoms with Gasteiger partial charge in [0.15, 0.2) is 0 Å². The number of aliphatic hydroxyl groups is 1. The molecule has 1 saturated heterocycles. The summed E-state index contributed by atoms with van der Waals surface area (Å²) in [5.41, 5.74) is 3.25. The van der Waals surface area contributed by atoms with Gasteiger partial charge in [-0.05, 0) is 0 Å². The van der Waals surface area contributed by atoms with E-state index in [4.69, 9.17) is 5.10 Å². The highest BCUT2D eigenvalue weighted by molar-refractivity contribution is 6.12. The summed E-state index contributed by atoms with van der Waals surface area (Å²) in [4.78, 5) is 0. The van der Waals surface area contributed by atoms with Crippen molar-refractivity contribution >= 4 is 5.71 Å². The summed E-state index contributed by atoms with van der Waals surface area (Å²) in [7, 11) is 2.12. The van der Waals surface area contributed by atoms with Gasteiger partial charge in [0.2, 0.25) is 0 Å². The third-order valence-electron chi connectivity index (χ3n) is 4.57. The SMILES string of the molecule is C[N+]1(N=C(c2ccccc2)c2ccccc2)CCC[C@H]1CO. The highest BCUT2D eigenvalue weighted by Crippen LogP contribution is 2.27. The van der Waals surface area contributed by atoms with Crippen LogP contribution in [0.4, 0.5) is 0 Å². The maximum absolute atomic E-state index is 9.67. The van der Waals surface area contributed by atoms with Gasteiger partial charge in [-0.1, -0.05) is 65.8 Å². The maximum Gasteiger partial charge on any atom is 0.136 e. The van der Waals surface area contributed by atoms with Crippen LogP contribution in [0, 0.1) is 0 Å². The lowest BCUT2D eigenvalue weighted by Gasteiger charge is -2.29. The highest BCUT2D eigenvalue weighted by atomic mass is 16.3. The van der Waals surface area contributed by atoms with Crippen LogP contribution in [0.25, 0.3) is 0 Å². The molecule has 1 unspecified atom stereocenters. The second kappa shape index (κ2) is 6.42. The zero-order valence-corrected chi connectivity index (χ0v) is 13.0. The predicted molar refractivity (Wildman–Crippen MR) is 89.7 cm³/mol. The molecule has 1 aliphatic rings. The first-order valence-electron chi connectivity index (χ1n) is 7.90. The van der Waals surface area contributed by atoms with Crippen molar-refractivity contribution < 1.29 is 9.70 Å². The third-order valence-corrected chi connectivity index (χ3v) is 4.57. The summed E-state index contributed by atoms with van der Waals surface area (Å²) in [5, 5.41) is 14.8. The molecule has 1 aliphatic heterocycles. The molecular formula is C19H23N2O+. The molecule has 22 heavy (non-hydrogen) atoms. The highest BCUT2D eigenvalue weighted by Gasteiger charge is 2.39. The number of aliphatic hydroxyl groups excluding tert-OH is 1. The van der Waals surface area contributed by atoms with E-state index in [9.17, 15) is 5.11 Å². The Morgan fingerprint density at radius 2 is 1.59 bits per heavy atom. The first-order valence-corrected chi connectivity index (χ1v) is 7.90. The summed E-state index contributed by atoms with van der Waals surface area (Å²) in [6, 6.07) is 20.8. The molecule has 3 rings (SSSR count). The van der Waals surface area contributed by atoms with E-state index in [1.54, 1.807) is 0 Å². The molecule has 0 aliphatic carbocycles. The molecule has 0 spiro atoms. The van der Waals surface area contributed by atoms with Crippen LogP contribution in [-0.4, -0.2) is 41.7 Å². The summed E-state index contributed by atoms with van der Waals surface area (Å²) in [6.07, 6.45) is 2.15. The van der Waals surface area contributed by atoms with Crippen molar-refractivity contribution in [1.29, 1.82) is 0 Å². The number of hydrogen-bond acceptors (Lipinski definition) is 2. The first kappa shape index (κ1) is 14.9. The van der Waals surface area contributed by atoms with Crippen molar-refractivity contribution in [2.45, 2.75) is 18.9 Å². The van der Waals surface area contributed by atoms with E-state index >= 15 is 0 Å². The minimum Gasteiger partial charge on any atom is -0.390 e. The first-order chi connectivity index (χ1) is 10.7. The molecule has 2 atom stereocenters. The fourth-order valence-electron chi connectivity index (χ4n) is 3.21. The van der Waals surface area contributed by atoms with Crippen LogP contribution in [0.1, 0.15) is 24.0 Å². The molecule has 1 heterocycles. The van der Waals surface area contributed by atoms with Crippen molar-refractivity contribution in [2.24, 2.45) is 5.10 Å².